The van der Waals surface area contributed by atoms with Crippen molar-refractivity contribution in [3.63, 3.8) is 0 Å². The lowest BCUT2D eigenvalue weighted by Gasteiger charge is -2.50. The maximum Gasteiger partial charge on any atom is 0.00407 e. The van der Waals surface area contributed by atoms with Crippen LogP contribution in [-0.4, -0.2) is 37.6 Å². The predicted octanol–water partition coefficient (Wildman–Crippen LogP) is 3.70. The van der Waals surface area contributed by atoms with Gasteiger partial charge in [-0.25, -0.2) is 0 Å². The maximum atomic E-state index is 3.58. The van der Waals surface area contributed by atoms with E-state index in [9.17, 15) is 0 Å². The minimum atomic E-state index is 0. The van der Waals surface area contributed by atoms with Crippen LogP contribution in [0.15, 0.2) is 0 Å². The van der Waals surface area contributed by atoms with E-state index in [1.807, 2.05) is 0 Å². The molecule has 2 saturated heterocycles. The van der Waals surface area contributed by atoms with Crippen LogP contribution in [0.2, 0.25) is 0 Å². The van der Waals surface area contributed by atoms with Crippen LogP contribution < -0.4 is 5.32 Å². The monoisotopic (exact) mass is 300 g/mol. The van der Waals surface area contributed by atoms with E-state index in [0.717, 1.165) is 11.8 Å². The summed E-state index contributed by atoms with van der Waals surface area (Å²) in [7, 11) is 0. The van der Waals surface area contributed by atoms with Gasteiger partial charge in [-0.1, -0.05) is 26.2 Å². The first-order valence-electron chi connectivity index (χ1n) is 8.72. The molecular weight excluding hydrogens is 268 g/mol. The second-order valence-corrected chi connectivity index (χ2v) is 7.56. The summed E-state index contributed by atoms with van der Waals surface area (Å²) in [6.45, 7) is 9.17. The molecule has 2 heterocycles. The van der Waals surface area contributed by atoms with E-state index in [1.165, 1.54) is 84.1 Å². The molecule has 1 spiro atoms. The molecule has 2 aliphatic heterocycles. The van der Waals surface area contributed by atoms with Gasteiger partial charge in [-0.05, 0) is 69.0 Å². The number of likely N-dealkylation sites (tertiary alicyclic amines) is 1. The third-order valence-electron chi connectivity index (χ3n) is 6.23. The molecule has 0 aromatic rings. The molecule has 118 valence electrons. The number of hydrogen-bond donors (Lipinski definition) is 1. The molecule has 0 amide bonds. The molecule has 1 N–H and O–H groups in total. The molecule has 3 rings (SSSR count). The molecule has 2 nitrogen and oxygen atoms in total. The molecule has 3 aliphatic rings. The molecule has 0 aromatic carbocycles. The molecule has 0 bridgehead atoms. The van der Waals surface area contributed by atoms with Gasteiger partial charge >= 0.3 is 0 Å². The summed E-state index contributed by atoms with van der Waals surface area (Å²) in [5.41, 5.74) is 0.693. The average Bonchev–Trinajstić information content (AvgIpc) is 2.45. The SMILES string of the molecule is CC1CCN(CC2CCCNC2)CC12CCCCC2.Cl. The Kier molecular flexibility index (Phi) is 6.19. The summed E-state index contributed by atoms with van der Waals surface area (Å²) in [6, 6.07) is 0. The quantitative estimate of drug-likeness (QED) is 0.836. The number of rotatable bonds is 2. The lowest BCUT2D eigenvalue weighted by molar-refractivity contribution is -0.00313. The van der Waals surface area contributed by atoms with Gasteiger partial charge in [0.15, 0.2) is 0 Å². The first-order chi connectivity index (χ1) is 9.28. The van der Waals surface area contributed by atoms with E-state index in [-0.39, 0.29) is 12.4 Å². The van der Waals surface area contributed by atoms with Crippen LogP contribution in [0.3, 0.4) is 0 Å². The highest BCUT2D eigenvalue weighted by Gasteiger charge is 2.41. The van der Waals surface area contributed by atoms with Gasteiger partial charge in [-0.3, -0.25) is 0 Å². The van der Waals surface area contributed by atoms with Crippen LogP contribution in [0.5, 0.6) is 0 Å². The van der Waals surface area contributed by atoms with Crippen molar-refractivity contribution in [2.24, 2.45) is 17.3 Å². The van der Waals surface area contributed by atoms with Gasteiger partial charge in [0, 0.05) is 13.1 Å². The molecule has 0 aromatic heterocycles. The van der Waals surface area contributed by atoms with Crippen LogP contribution in [0.4, 0.5) is 0 Å². The van der Waals surface area contributed by atoms with Crippen LogP contribution in [-0.2, 0) is 0 Å². The second kappa shape index (κ2) is 7.47. The number of piperidine rings is 2. The lowest BCUT2D eigenvalue weighted by atomic mass is 9.63. The van der Waals surface area contributed by atoms with E-state index in [2.05, 4.69) is 17.1 Å². The number of hydrogen-bond acceptors (Lipinski definition) is 2. The van der Waals surface area contributed by atoms with Crippen molar-refractivity contribution in [1.29, 1.82) is 0 Å². The summed E-state index contributed by atoms with van der Waals surface area (Å²) in [5, 5.41) is 3.58. The van der Waals surface area contributed by atoms with Crippen molar-refractivity contribution in [3.05, 3.63) is 0 Å². The minimum Gasteiger partial charge on any atom is -0.316 e. The standard InChI is InChI=1S/C17H32N2.ClH/c1-15-7-11-19(13-16-6-5-10-18-12-16)14-17(15)8-3-2-4-9-17;/h15-16,18H,2-14H2,1H3;1H. The molecule has 3 fully saturated rings. The van der Waals surface area contributed by atoms with E-state index in [0.29, 0.717) is 5.41 Å². The lowest BCUT2D eigenvalue weighted by Crippen LogP contribution is -2.51. The van der Waals surface area contributed by atoms with Gasteiger partial charge in [-0.15, -0.1) is 12.4 Å². The zero-order valence-electron chi connectivity index (χ0n) is 13.2. The van der Waals surface area contributed by atoms with E-state index < -0.39 is 0 Å². The average molecular weight is 301 g/mol. The molecule has 1 aliphatic carbocycles. The molecule has 2 atom stereocenters. The molecular formula is C17H33ClN2. The van der Waals surface area contributed by atoms with Crippen molar-refractivity contribution in [3.8, 4) is 0 Å². The van der Waals surface area contributed by atoms with Crippen LogP contribution in [0.1, 0.15) is 58.3 Å². The largest absolute Gasteiger partial charge is 0.316 e. The van der Waals surface area contributed by atoms with Gasteiger partial charge < -0.3 is 10.2 Å². The molecule has 0 radical (unpaired) electrons. The zero-order valence-corrected chi connectivity index (χ0v) is 14.0. The molecule has 20 heavy (non-hydrogen) atoms. The van der Waals surface area contributed by atoms with Crippen molar-refractivity contribution in [1.82, 2.24) is 10.2 Å². The van der Waals surface area contributed by atoms with E-state index >= 15 is 0 Å². The fourth-order valence-corrected chi connectivity index (χ4v) is 4.87. The predicted molar refractivity (Wildman–Crippen MR) is 88.6 cm³/mol. The molecule has 3 heteroatoms. The Labute approximate surface area is 131 Å². The number of halogens is 1. The van der Waals surface area contributed by atoms with E-state index in [1.54, 1.807) is 0 Å². The number of nitrogens with zero attached hydrogens (tertiary/aromatic N) is 1. The van der Waals surface area contributed by atoms with Crippen molar-refractivity contribution in [2.75, 3.05) is 32.7 Å². The Bertz CT molecular complexity index is 283. The normalized spacial score (nSPS) is 34.6. The van der Waals surface area contributed by atoms with Gasteiger partial charge in [0.2, 0.25) is 0 Å². The Morgan fingerprint density at radius 2 is 1.90 bits per heavy atom. The highest BCUT2D eigenvalue weighted by molar-refractivity contribution is 5.85. The topological polar surface area (TPSA) is 15.3 Å². The minimum absolute atomic E-state index is 0. The fraction of sp³-hybridized carbons (Fsp3) is 1.00. The summed E-state index contributed by atoms with van der Waals surface area (Å²) in [6.07, 6.45) is 11.8. The first kappa shape index (κ1) is 16.6. The number of nitrogens with one attached hydrogen (secondary N) is 1. The highest BCUT2D eigenvalue weighted by Crippen LogP contribution is 2.46. The fourth-order valence-electron chi connectivity index (χ4n) is 4.87. The molecule has 2 unspecified atom stereocenters. The Hall–Kier alpha value is 0.210. The Morgan fingerprint density at radius 1 is 1.10 bits per heavy atom. The van der Waals surface area contributed by atoms with Gasteiger partial charge in [-0.2, -0.15) is 0 Å². The van der Waals surface area contributed by atoms with Crippen LogP contribution in [0.25, 0.3) is 0 Å². The summed E-state index contributed by atoms with van der Waals surface area (Å²) in [4.78, 5) is 2.82. The first-order valence-corrected chi connectivity index (χ1v) is 8.72. The zero-order chi connectivity index (χ0) is 13.1. The Balaban J connectivity index is 0.00000147. The highest BCUT2D eigenvalue weighted by atomic mass is 35.5. The van der Waals surface area contributed by atoms with Crippen molar-refractivity contribution >= 4 is 12.4 Å². The van der Waals surface area contributed by atoms with Crippen molar-refractivity contribution < 1.29 is 0 Å². The Morgan fingerprint density at radius 3 is 2.60 bits per heavy atom. The van der Waals surface area contributed by atoms with E-state index in [4.69, 9.17) is 0 Å². The molecule has 1 saturated carbocycles. The third kappa shape index (κ3) is 3.69. The van der Waals surface area contributed by atoms with Gasteiger partial charge in [0.05, 0.1) is 0 Å². The van der Waals surface area contributed by atoms with Gasteiger partial charge in [0.1, 0.15) is 0 Å². The summed E-state index contributed by atoms with van der Waals surface area (Å²) >= 11 is 0. The van der Waals surface area contributed by atoms with Crippen LogP contribution >= 0.6 is 12.4 Å². The van der Waals surface area contributed by atoms with Crippen LogP contribution in [0, 0.1) is 17.3 Å². The maximum absolute atomic E-state index is 3.58. The summed E-state index contributed by atoms with van der Waals surface area (Å²) in [5.74, 6) is 1.89. The van der Waals surface area contributed by atoms with Gasteiger partial charge in [0.25, 0.3) is 0 Å². The second-order valence-electron chi connectivity index (χ2n) is 7.56. The third-order valence-corrected chi connectivity index (χ3v) is 6.23. The summed E-state index contributed by atoms with van der Waals surface area (Å²) < 4.78 is 0. The smallest absolute Gasteiger partial charge is 0.00407 e. The van der Waals surface area contributed by atoms with Crippen molar-refractivity contribution in [2.45, 2.75) is 58.3 Å².